The number of rotatable bonds is 5. The van der Waals surface area contributed by atoms with Crippen LogP contribution in [0.4, 0.5) is 0 Å². The second-order valence-electron chi connectivity index (χ2n) is 7.48. The molecule has 2 aliphatic heterocycles. The zero-order valence-electron chi connectivity index (χ0n) is 14.8. The van der Waals surface area contributed by atoms with Crippen molar-refractivity contribution in [1.29, 1.82) is 0 Å². The number of carbonyl (C=O) groups is 1. The molecule has 2 aromatic rings. The standard InChI is InChI=1S/C20H26N4O/c1-23-12-17-13-24(19(25)9-5-6-15-10-21-22-11-15)14-18(17)20(23)16-7-3-2-4-8-16/h2-4,7-8,10-11,17-18,20H,5-6,9,12-14H2,1H3,(H,21,22)/t17-,18+,20-/m0/s1. The van der Waals surface area contributed by atoms with Crippen molar-refractivity contribution in [3.63, 3.8) is 0 Å². The first kappa shape index (κ1) is 16.3. The van der Waals surface area contributed by atoms with Crippen LogP contribution in [0, 0.1) is 11.8 Å². The van der Waals surface area contributed by atoms with Crippen molar-refractivity contribution in [2.45, 2.75) is 25.3 Å². The molecule has 4 rings (SSSR count). The van der Waals surface area contributed by atoms with Crippen molar-refractivity contribution in [2.75, 3.05) is 26.7 Å². The third-order valence-corrected chi connectivity index (χ3v) is 5.80. The summed E-state index contributed by atoms with van der Waals surface area (Å²) in [6.45, 7) is 2.91. The summed E-state index contributed by atoms with van der Waals surface area (Å²) in [5, 5.41) is 6.78. The van der Waals surface area contributed by atoms with E-state index in [1.54, 1.807) is 0 Å². The molecule has 5 heteroatoms. The van der Waals surface area contributed by atoms with Gasteiger partial charge in [-0.25, -0.2) is 0 Å². The van der Waals surface area contributed by atoms with Gasteiger partial charge in [-0.05, 0) is 36.9 Å². The number of amides is 1. The number of nitrogens with one attached hydrogen (secondary N) is 1. The van der Waals surface area contributed by atoms with Gasteiger partial charge in [-0.2, -0.15) is 5.10 Å². The van der Waals surface area contributed by atoms with Crippen LogP contribution in [0.5, 0.6) is 0 Å². The van der Waals surface area contributed by atoms with Gasteiger partial charge < -0.3 is 4.90 Å². The van der Waals surface area contributed by atoms with E-state index in [0.29, 0.717) is 30.2 Å². The van der Waals surface area contributed by atoms with Crippen LogP contribution >= 0.6 is 0 Å². The van der Waals surface area contributed by atoms with Crippen LogP contribution < -0.4 is 0 Å². The largest absolute Gasteiger partial charge is 0.342 e. The summed E-state index contributed by atoms with van der Waals surface area (Å²) >= 11 is 0. The number of H-pyrrole nitrogens is 1. The Labute approximate surface area is 149 Å². The maximum absolute atomic E-state index is 12.6. The number of aromatic amines is 1. The number of fused-ring (bicyclic) bond motifs is 1. The minimum Gasteiger partial charge on any atom is -0.342 e. The fourth-order valence-corrected chi connectivity index (χ4v) is 4.63. The quantitative estimate of drug-likeness (QED) is 0.911. The predicted octanol–water partition coefficient (Wildman–Crippen LogP) is 2.49. The number of hydrogen-bond donors (Lipinski definition) is 1. The SMILES string of the molecule is CN1C[C@H]2CN(C(=O)CCCc3cn[nH]c3)C[C@H]2[C@@H]1c1ccccc1. The lowest BCUT2D eigenvalue weighted by molar-refractivity contribution is -0.130. The van der Waals surface area contributed by atoms with Gasteiger partial charge in [-0.15, -0.1) is 0 Å². The smallest absolute Gasteiger partial charge is 0.222 e. The molecule has 3 atom stereocenters. The maximum atomic E-state index is 12.6. The molecule has 0 unspecified atom stereocenters. The molecule has 132 valence electrons. The molecule has 2 fully saturated rings. The maximum Gasteiger partial charge on any atom is 0.222 e. The van der Waals surface area contributed by atoms with E-state index in [2.05, 4.69) is 57.4 Å². The van der Waals surface area contributed by atoms with Crippen LogP contribution in [0.25, 0.3) is 0 Å². The zero-order valence-corrected chi connectivity index (χ0v) is 14.8. The molecule has 1 N–H and O–H groups in total. The molecule has 5 nitrogen and oxygen atoms in total. The number of aryl methyl sites for hydroxylation is 1. The number of nitrogens with zero attached hydrogens (tertiary/aromatic N) is 3. The third kappa shape index (κ3) is 3.33. The van der Waals surface area contributed by atoms with E-state index in [-0.39, 0.29) is 0 Å². The van der Waals surface area contributed by atoms with Gasteiger partial charge in [-0.1, -0.05) is 30.3 Å². The highest BCUT2D eigenvalue weighted by atomic mass is 16.2. The number of hydrogen-bond acceptors (Lipinski definition) is 3. The van der Waals surface area contributed by atoms with Crippen molar-refractivity contribution < 1.29 is 4.79 Å². The van der Waals surface area contributed by atoms with Crippen LogP contribution in [0.3, 0.4) is 0 Å². The van der Waals surface area contributed by atoms with Gasteiger partial charge in [0.2, 0.25) is 5.91 Å². The second kappa shape index (κ2) is 7.00. The van der Waals surface area contributed by atoms with Gasteiger partial charge in [0.15, 0.2) is 0 Å². The Hall–Kier alpha value is -2.14. The highest BCUT2D eigenvalue weighted by Gasteiger charge is 2.46. The van der Waals surface area contributed by atoms with Crippen molar-refractivity contribution >= 4 is 5.91 Å². The first-order valence-electron chi connectivity index (χ1n) is 9.23. The number of aromatic nitrogens is 2. The summed E-state index contributed by atoms with van der Waals surface area (Å²) in [4.78, 5) is 17.2. The number of benzene rings is 1. The first-order valence-corrected chi connectivity index (χ1v) is 9.23. The summed E-state index contributed by atoms with van der Waals surface area (Å²) in [7, 11) is 2.22. The fourth-order valence-electron chi connectivity index (χ4n) is 4.63. The lowest BCUT2D eigenvalue weighted by Gasteiger charge is -2.27. The van der Waals surface area contributed by atoms with E-state index in [4.69, 9.17) is 0 Å². The Balaban J connectivity index is 1.35. The average molecular weight is 338 g/mol. The van der Waals surface area contributed by atoms with E-state index < -0.39 is 0 Å². The molecule has 0 spiro atoms. The second-order valence-corrected chi connectivity index (χ2v) is 7.48. The van der Waals surface area contributed by atoms with Crippen LogP contribution in [0.1, 0.15) is 30.0 Å². The predicted molar refractivity (Wildman–Crippen MR) is 96.9 cm³/mol. The lowest BCUT2D eigenvalue weighted by atomic mass is 9.90. The summed E-state index contributed by atoms with van der Waals surface area (Å²) in [6, 6.07) is 11.2. The first-order chi connectivity index (χ1) is 12.2. The Morgan fingerprint density at radius 3 is 2.84 bits per heavy atom. The fraction of sp³-hybridized carbons (Fsp3) is 0.500. The lowest BCUT2D eigenvalue weighted by Crippen LogP contribution is -2.33. The van der Waals surface area contributed by atoms with Crippen molar-refractivity contribution in [3.8, 4) is 0 Å². The Kier molecular flexibility index (Phi) is 4.57. The van der Waals surface area contributed by atoms with Crippen LogP contribution in [0.15, 0.2) is 42.7 Å². The highest BCUT2D eigenvalue weighted by Crippen LogP contribution is 2.44. The summed E-state index contributed by atoms with van der Waals surface area (Å²) < 4.78 is 0. The molecule has 0 radical (unpaired) electrons. The van der Waals surface area contributed by atoms with Crippen molar-refractivity contribution in [3.05, 3.63) is 53.9 Å². The van der Waals surface area contributed by atoms with E-state index >= 15 is 0 Å². The summed E-state index contributed by atoms with van der Waals surface area (Å²) in [5.74, 6) is 1.48. The molecule has 0 saturated carbocycles. The van der Waals surface area contributed by atoms with Crippen LogP contribution in [0.2, 0.25) is 0 Å². The topological polar surface area (TPSA) is 52.2 Å². The van der Waals surface area contributed by atoms with E-state index in [0.717, 1.165) is 32.5 Å². The highest BCUT2D eigenvalue weighted by molar-refractivity contribution is 5.76. The molecule has 1 amide bonds. The van der Waals surface area contributed by atoms with E-state index in [9.17, 15) is 4.79 Å². The van der Waals surface area contributed by atoms with Gasteiger partial charge in [0.25, 0.3) is 0 Å². The molecule has 2 saturated heterocycles. The normalized spacial score (nSPS) is 26.1. The molecular weight excluding hydrogens is 312 g/mol. The van der Waals surface area contributed by atoms with E-state index in [1.165, 1.54) is 11.1 Å². The van der Waals surface area contributed by atoms with Gasteiger partial charge in [0.1, 0.15) is 0 Å². The minimum absolute atomic E-state index is 0.312. The molecule has 1 aromatic heterocycles. The van der Waals surface area contributed by atoms with Gasteiger partial charge in [-0.3, -0.25) is 14.8 Å². The minimum atomic E-state index is 0.312. The molecule has 0 aliphatic carbocycles. The van der Waals surface area contributed by atoms with Crippen molar-refractivity contribution in [1.82, 2.24) is 20.0 Å². The zero-order chi connectivity index (χ0) is 17.2. The van der Waals surface area contributed by atoms with Crippen LogP contribution in [-0.4, -0.2) is 52.6 Å². The molecule has 2 aliphatic rings. The molecular formula is C20H26N4O. The average Bonchev–Trinajstić information content (AvgIpc) is 3.31. The molecule has 0 bridgehead atoms. The summed E-state index contributed by atoms with van der Waals surface area (Å²) in [5.41, 5.74) is 2.56. The number of carbonyl (C=O) groups excluding carboxylic acids is 1. The van der Waals surface area contributed by atoms with E-state index in [1.807, 2.05) is 12.4 Å². The van der Waals surface area contributed by atoms with Gasteiger partial charge in [0, 0.05) is 44.2 Å². The Morgan fingerprint density at radius 1 is 1.24 bits per heavy atom. The summed E-state index contributed by atoms with van der Waals surface area (Å²) in [6.07, 6.45) is 6.19. The van der Waals surface area contributed by atoms with Gasteiger partial charge in [0.05, 0.1) is 6.20 Å². The third-order valence-electron chi connectivity index (χ3n) is 5.80. The molecule has 25 heavy (non-hydrogen) atoms. The molecule has 3 heterocycles. The Bertz CT molecular complexity index is 700. The van der Waals surface area contributed by atoms with Crippen LogP contribution in [-0.2, 0) is 11.2 Å². The van der Waals surface area contributed by atoms with Crippen molar-refractivity contribution in [2.24, 2.45) is 11.8 Å². The van der Waals surface area contributed by atoms with Gasteiger partial charge >= 0.3 is 0 Å². The monoisotopic (exact) mass is 338 g/mol. The number of likely N-dealkylation sites (tertiary alicyclic amines) is 2. The Morgan fingerprint density at radius 2 is 2.08 bits per heavy atom. The molecule has 1 aromatic carbocycles.